The topological polar surface area (TPSA) is 80.1 Å². The fourth-order valence-electron chi connectivity index (χ4n) is 1.25. The summed E-state index contributed by atoms with van der Waals surface area (Å²) in [5.74, 6) is 0.348. The Hall–Kier alpha value is -2.11. The molecule has 0 aromatic carbocycles. The van der Waals surface area contributed by atoms with E-state index in [0.29, 0.717) is 11.5 Å². The fourth-order valence-corrected chi connectivity index (χ4v) is 1.25. The third kappa shape index (κ3) is 5.37. The number of anilines is 1. The van der Waals surface area contributed by atoms with Crippen LogP contribution in [0.3, 0.4) is 0 Å². The number of rotatable bonds is 5. The van der Waals surface area contributed by atoms with Crippen LogP contribution in [0.5, 0.6) is 0 Å². The van der Waals surface area contributed by atoms with Crippen LogP contribution in [-0.4, -0.2) is 15.9 Å². The van der Waals surface area contributed by atoms with E-state index in [1.165, 1.54) is 0 Å². The zero-order valence-corrected chi connectivity index (χ0v) is 11.7. The summed E-state index contributed by atoms with van der Waals surface area (Å²) >= 11 is 0. The van der Waals surface area contributed by atoms with Crippen molar-refractivity contribution in [3.05, 3.63) is 46.7 Å². The van der Waals surface area contributed by atoms with Crippen molar-refractivity contribution >= 4 is 5.69 Å². The number of hydrogen-bond donors (Lipinski definition) is 2. The number of nitro groups is 1. The molecule has 0 aliphatic heterocycles. The van der Waals surface area contributed by atoms with Gasteiger partial charge in [0, 0.05) is 12.2 Å². The molecule has 1 atom stereocenters. The fraction of sp³-hybridized carbons (Fsp3) is 0.462. The van der Waals surface area contributed by atoms with Gasteiger partial charge in [-0.15, -0.1) is 0 Å². The smallest absolute Gasteiger partial charge is 0.274 e. The first-order valence-corrected chi connectivity index (χ1v) is 6.08. The van der Waals surface area contributed by atoms with Crippen LogP contribution in [-0.2, 0) is 0 Å². The summed E-state index contributed by atoms with van der Waals surface area (Å²) in [7, 11) is 0. The van der Waals surface area contributed by atoms with Gasteiger partial charge in [0.1, 0.15) is 0 Å². The van der Waals surface area contributed by atoms with Crippen molar-refractivity contribution in [1.82, 2.24) is 10.3 Å². The largest absolute Gasteiger partial charge is 0.363 e. The highest BCUT2D eigenvalue weighted by Crippen LogP contribution is 2.19. The van der Waals surface area contributed by atoms with E-state index in [1.54, 1.807) is 24.5 Å². The molecule has 1 aromatic rings. The molecule has 0 radical (unpaired) electrons. The van der Waals surface area contributed by atoms with Gasteiger partial charge in [-0.2, -0.15) is 0 Å². The van der Waals surface area contributed by atoms with Crippen LogP contribution in [0.25, 0.3) is 0 Å². The molecule has 0 fully saturated rings. The maximum Gasteiger partial charge on any atom is 0.274 e. The highest BCUT2D eigenvalue weighted by molar-refractivity contribution is 5.45. The first-order valence-electron chi connectivity index (χ1n) is 6.08. The molecule has 0 saturated carbocycles. The van der Waals surface area contributed by atoms with Crippen molar-refractivity contribution in [1.29, 1.82) is 0 Å². The number of aromatic nitrogens is 1. The van der Waals surface area contributed by atoms with Crippen molar-refractivity contribution in [3.8, 4) is 0 Å². The van der Waals surface area contributed by atoms with Gasteiger partial charge >= 0.3 is 0 Å². The lowest BCUT2D eigenvalue weighted by Crippen LogP contribution is -2.39. The molecule has 6 heteroatoms. The summed E-state index contributed by atoms with van der Waals surface area (Å²) < 4.78 is 0. The summed E-state index contributed by atoms with van der Waals surface area (Å²) in [4.78, 5) is 14.1. The van der Waals surface area contributed by atoms with Crippen molar-refractivity contribution in [2.75, 3.05) is 5.32 Å². The first-order chi connectivity index (χ1) is 8.79. The second kappa shape index (κ2) is 6.17. The van der Waals surface area contributed by atoms with Gasteiger partial charge in [-0.1, -0.05) is 20.8 Å². The Labute approximate surface area is 113 Å². The minimum Gasteiger partial charge on any atom is -0.363 e. The predicted octanol–water partition coefficient (Wildman–Crippen LogP) is 2.59. The third-order valence-electron chi connectivity index (χ3n) is 2.85. The van der Waals surface area contributed by atoms with Crippen molar-refractivity contribution in [2.45, 2.75) is 33.7 Å². The summed E-state index contributed by atoms with van der Waals surface area (Å²) in [6.45, 7) is 8.19. The van der Waals surface area contributed by atoms with E-state index >= 15 is 0 Å². The lowest BCUT2D eigenvalue weighted by atomic mass is 9.88. The van der Waals surface area contributed by atoms with E-state index in [1.807, 2.05) is 6.92 Å². The molecule has 0 aliphatic rings. The van der Waals surface area contributed by atoms with Gasteiger partial charge in [0.05, 0.1) is 16.8 Å². The molecule has 2 N–H and O–H groups in total. The minimum atomic E-state index is -0.485. The van der Waals surface area contributed by atoms with E-state index in [4.69, 9.17) is 0 Å². The monoisotopic (exact) mass is 264 g/mol. The molecular weight excluding hydrogens is 244 g/mol. The van der Waals surface area contributed by atoms with Gasteiger partial charge in [0.15, 0.2) is 5.82 Å². The van der Waals surface area contributed by atoms with Gasteiger partial charge in [-0.3, -0.25) is 15.1 Å². The Morgan fingerprint density at radius 2 is 2.21 bits per heavy atom. The van der Waals surface area contributed by atoms with Crippen LogP contribution in [0.2, 0.25) is 0 Å². The molecule has 0 saturated heterocycles. The molecule has 104 valence electrons. The third-order valence-corrected chi connectivity index (χ3v) is 2.85. The average Bonchev–Trinajstić information content (AvgIpc) is 2.28. The van der Waals surface area contributed by atoms with E-state index in [9.17, 15) is 10.1 Å². The van der Waals surface area contributed by atoms with E-state index in [-0.39, 0.29) is 11.5 Å². The molecule has 1 aromatic heterocycles. The number of hydrogen-bond acceptors (Lipinski definition) is 5. The Morgan fingerprint density at radius 1 is 1.53 bits per heavy atom. The molecule has 0 spiro atoms. The Bertz CT molecular complexity index is 451. The van der Waals surface area contributed by atoms with Crippen LogP contribution in [0.15, 0.2) is 36.5 Å². The van der Waals surface area contributed by atoms with E-state index < -0.39 is 4.92 Å². The lowest BCUT2D eigenvalue weighted by molar-refractivity contribution is -0.403. The standard InChI is InChI=1S/C13H20N4O2/c1-10(13(2,3)4)15-12(9-17(18)19)16-11-6-5-7-14-8-11/h5-10,15-16H,1-4H3/b12-9+/t10-/m0/s1. The highest BCUT2D eigenvalue weighted by atomic mass is 16.6. The van der Waals surface area contributed by atoms with E-state index in [2.05, 4.69) is 36.4 Å². The van der Waals surface area contributed by atoms with E-state index in [0.717, 1.165) is 6.20 Å². The second-order valence-corrected chi connectivity index (χ2v) is 5.43. The van der Waals surface area contributed by atoms with Crippen molar-refractivity contribution in [3.63, 3.8) is 0 Å². The molecule has 1 rings (SSSR count). The van der Waals surface area contributed by atoms with Crippen LogP contribution >= 0.6 is 0 Å². The summed E-state index contributed by atoms with van der Waals surface area (Å²) in [6, 6.07) is 3.63. The number of nitrogens with one attached hydrogen (secondary N) is 2. The molecular formula is C13H20N4O2. The zero-order valence-electron chi connectivity index (χ0n) is 11.7. The van der Waals surface area contributed by atoms with Gasteiger partial charge in [-0.25, -0.2) is 0 Å². The van der Waals surface area contributed by atoms with Gasteiger partial charge in [-0.05, 0) is 24.5 Å². The molecule has 0 bridgehead atoms. The Morgan fingerprint density at radius 3 is 2.68 bits per heavy atom. The summed E-state index contributed by atoms with van der Waals surface area (Å²) in [5, 5.41) is 16.7. The normalized spacial score (nSPS) is 13.8. The first kappa shape index (κ1) is 14.9. The molecule has 0 aliphatic carbocycles. The summed E-state index contributed by atoms with van der Waals surface area (Å²) in [6.07, 6.45) is 4.18. The predicted molar refractivity (Wildman–Crippen MR) is 75.0 cm³/mol. The average molecular weight is 264 g/mol. The molecule has 6 nitrogen and oxygen atoms in total. The quantitative estimate of drug-likeness (QED) is 0.631. The SMILES string of the molecule is C[C@H](N/C(=C\[N+](=O)[O-])Nc1cccnc1)C(C)(C)C. The zero-order chi connectivity index (χ0) is 14.5. The maximum absolute atomic E-state index is 10.7. The van der Waals surface area contributed by atoms with Crippen LogP contribution in [0, 0.1) is 15.5 Å². The Balaban J connectivity index is 2.82. The van der Waals surface area contributed by atoms with Crippen LogP contribution in [0.1, 0.15) is 27.7 Å². The molecule has 0 unspecified atom stereocenters. The van der Waals surface area contributed by atoms with Gasteiger partial charge in [0.25, 0.3) is 6.20 Å². The second-order valence-electron chi connectivity index (χ2n) is 5.43. The molecule has 19 heavy (non-hydrogen) atoms. The maximum atomic E-state index is 10.7. The number of nitrogens with zero attached hydrogens (tertiary/aromatic N) is 2. The van der Waals surface area contributed by atoms with Gasteiger partial charge in [0.2, 0.25) is 0 Å². The van der Waals surface area contributed by atoms with Crippen LogP contribution < -0.4 is 10.6 Å². The Kier molecular flexibility index (Phi) is 4.86. The summed E-state index contributed by atoms with van der Waals surface area (Å²) in [5.41, 5.74) is 0.691. The van der Waals surface area contributed by atoms with Crippen molar-refractivity contribution < 1.29 is 4.92 Å². The van der Waals surface area contributed by atoms with Crippen molar-refractivity contribution in [2.24, 2.45) is 5.41 Å². The lowest BCUT2D eigenvalue weighted by Gasteiger charge is -2.29. The molecule has 1 heterocycles. The van der Waals surface area contributed by atoms with Gasteiger partial charge < -0.3 is 10.6 Å². The molecule has 0 amide bonds. The van der Waals surface area contributed by atoms with Crippen LogP contribution in [0.4, 0.5) is 5.69 Å². The minimum absolute atomic E-state index is 0.00763. The highest BCUT2D eigenvalue weighted by Gasteiger charge is 2.21. The number of pyridine rings is 1.